The van der Waals surface area contributed by atoms with Gasteiger partial charge in [0.15, 0.2) is 0 Å². The molecule has 19 heavy (non-hydrogen) atoms. The zero-order valence-corrected chi connectivity index (χ0v) is 9.70. The number of carbonyl (C=O) groups excluding carboxylic acids is 1. The normalized spacial score (nSPS) is 10.5. The third kappa shape index (κ3) is 3.03. The van der Waals surface area contributed by atoms with Gasteiger partial charge in [0.05, 0.1) is 12.5 Å². The molecule has 1 heterocycles. The minimum Gasteiger partial charge on any atom is -0.507 e. The molecule has 0 fully saturated rings. The minimum absolute atomic E-state index is 0.0414. The van der Waals surface area contributed by atoms with Crippen LogP contribution in [-0.4, -0.2) is 27.2 Å². The molecule has 1 aromatic heterocycles. The number of rotatable bonds is 3. The van der Waals surface area contributed by atoms with Gasteiger partial charge in [-0.05, 0) is 12.1 Å². The molecule has 1 aromatic carbocycles. The predicted octanol–water partition coefficient (Wildman–Crippen LogP) is 0.239. The van der Waals surface area contributed by atoms with Gasteiger partial charge in [-0.2, -0.15) is 5.10 Å². The Morgan fingerprint density at radius 1 is 1.42 bits per heavy atom. The standard InChI is InChI=1S/C12H10N4O3/c17-10-4-2-1-3-8(10)5-15-16-12(19)9-6-13-7-14-11(9)18/h1-7,17H,(H,16,19)(H,13,14,18)/b15-5+. The first-order valence-electron chi connectivity index (χ1n) is 5.32. The Morgan fingerprint density at radius 3 is 2.95 bits per heavy atom. The summed E-state index contributed by atoms with van der Waals surface area (Å²) in [5, 5.41) is 13.1. The largest absolute Gasteiger partial charge is 0.507 e. The van der Waals surface area contributed by atoms with E-state index in [1.54, 1.807) is 18.2 Å². The van der Waals surface area contributed by atoms with Crippen molar-refractivity contribution in [3.8, 4) is 5.75 Å². The predicted molar refractivity (Wildman–Crippen MR) is 68.0 cm³/mol. The quantitative estimate of drug-likeness (QED) is 0.541. The van der Waals surface area contributed by atoms with E-state index in [4.69, 9.17) is 0 Å². The van der Waals surface area contributed by atoms with E-state index in [0.717, 1.165) is 6.20 Å². The second-order valence-corrected chi connectivity index (χ2v) is 3.55. The Kier molecular flexibility index (Phi) is 3.67. The molecular weight excluding hydrogens is 248 g/mol. The molecule has 0 atom stereocenters. The Labute approximate surface area is 107 Å². The van der Waals surface area contributed by atoms with E-state index in [0.29, 0.717) is 5.56 Å². The first-order valence-corrected chi connectivity index (χ1v) is 5.32. The van der Waals surface area contributed by atoms with Crippen molar-refractivity contribution in [2.75, 3.05) is 0 Å². The zero-order valence-electron chi connectivity index (χ0n) is 9.70. The molecule has 7 nitrogen and oxygen atoms in total. The number of carbonyl (C=O) groups is 1. The highest BCUT2D eigenvalue weighted by Crippen LogP contribution is 2.12. The molecule has 2 aromatic rings. The summed E-state index contributed by atoms with van der Waals surface area (Å²) in [6, 6.07) is 6.51. The molecule has 0 radical (unpaired) electrons. The van der Waals surface area contributed by atoms with Crippen LogP contribution in [0.2, 0.25) is 0 Å². The monoisotopic (exact) mass is 258 g/mol. The summed E-state index contributed by atoms with van der Waals surface area (Å²) in [5.41, 5.74) is 1.93. The molecule has 1 amide bonds. The molecule has 0 saturated carbocycles. The van der Waals surface area contributed by atoms with Crippen LogP contribution >= 0.6 is 0 Å². The van der Waals surface area contributed by atoms with Crippen LogP contribution in [0.1, 0.15) is 15.9 Å². The van der Waals surface area contributed by atoms with Crippen molar-refractivity contribution in [2.24, 2.45) is 5.10 Å². The first-order chi connectivity index (χ1) is 9.18. The number of H-pyrrole nitrogens is 1. The van der Waals surface area contributed by atoms with Gasteiger partial charge in [-0.15, -0.1) is 0 Å². The SMILES string of the molecule is O=C(N/N=C/c1ccccc1O)c1cnc[nH]c1=O. The summed E-state index contributed by atoms with van der Waals surface area (Å²) >= 11 is 0. The smallest absolute Gasteiger partial charge is 0.278 e. The summed E-state index contributed by atoms with van der Waals surface area (Å²) in [5.74, 6) is -0.638. The third-order valence-electron chi connectivity index (χ3n) is 2.27. The molecule has 0 aliphatic rings. The summed E-state index contributed by atoms with van der Waals surface area (Å²) in [7, 11) is 0. The van der Waals surface area contributed by atoms with Crippen LogP contribution < -0.4 is 11.0 Å². The van der Waals surface area contributed by atoms with Gasteiger partial charge in [-0.25, -0.2) is 10.4 Å². The van der Waals surface area contributed by atoms with Crippen LogP contribution in [-0.2, 0) is 0 Å². The number of benzene rings is 1. The number of nitrogens with zero attached hydrogens (tertiary/aromatic N) is 2. The van der Waals surface area contributed by atoms with E-state index in [9.17, 15) is 14.7 Å². The molecule has 3 N–H and O–H groups in total. The number of hydrazone groups is 1. The lowest BCUT2D eigenvalue weighted by atomic mass is 10.2. The van der Waals surface area contributed by atoms with Gasteiger partial charge >= 0.3 is 0 Å². The van der Waals surface area contributed by atoms with Crippen molar-refractivity contribution in [3.63, 3.8) is 0 Å². The lowest BCUT2D eigenvalue weighted by Crippen LogP contribution is -2.26. The van der Waals surface area contributed by atoms with Crippen molar-refractivity contribution >= 4 is 12.1 Å². The lowest BCUT2D eigenvalue weighted by Gasteiger charge is -1.99. The van der Waals surface area contributed by atoms with Crippen LogP contribution in [0.3, 0.4) is 0 Å². The molecule has 0 aliphatic heterocycles. The molecular formula is C12H10N4O3. The third-order valence-corrected chi connectivity index (χ3v) is 2.27. The highest BCUT2D eigenvalue weighted by molar-refractivity contribution is 5.94. The fourth-order valence-electron chi connectivity index (χ4n) is 1.32. The van der Waals surface area contributed by atoms with Gasteiger partial charge in [0.25, 0.3) is 11.5 Å². The van der Waals surface area contributed by atoms with E-state index in [-0.39, 0.29) is 11.3 Å². The summed E-state index contributed by atoms with van der Waals surface area (Å²) in [6.45, 7) is 0. The topological polar surface area (TPSA) is 107 Å². The van der Waals surface area contributed by atoms with Crippen LogP contribution in [0.5, 0.6) is 5.75 Å². The van der Waals surface area contributed by atoms with E-state index >= 15 is 0 Å². The lowest BCUT2D eigenvalue weighted by molar-refractivity contribution is 0.0953. The molecule has 7 heteroatoms. The fraction of sp³-hybridized carbons (Fsp3) is 0. The first kappa shape index (κ1) is 12.5. The molecule has 0 spiro atoms. The molecule has 96 valence electrons. The van der Waals surface area contributed by atoms with Crippen molar-refractivity contribution in [3.05, 3.63) is 58.3 Å². The molecule has 0 aliphatic carbocycles. The minimum atomic E-state index is -0.680. The van der Waals surface area contributed by atoms with E-state index < -0.39 is 11.5 Å². The summed E-state index contributed by atoms with van der Waals surface area (Å²) in [6.07, 6.45) is 3.60. The maximum Gasteiger partial charge on any atom is 0.278 e. The Morgan fingerprint density at radius 2 is 2.21 bits per heavy atom. The Balaban J connectivity index is 2.08. The second kappa shape index (κ2) is 5.58. The van der Waals surface area contributed by atoms with Crippen molar-refractivity contribution < 1.29 is 9.90 Å². The average molecular weight is 258 g/mol. The van der Waals surface area contributed by atoms with Gasteiger partial charge in [-0.1, -0.05) is 12.1 Å². The molecule has 0 unspecified atom stereocenters. The maximum atomic E-state index is 11.6. The number of hydrogen-bond donors (Lipinski definition) is 3. The highest BCUT2D eigenvalue weighted by Gasteiger charge is 2.08. The van der Waals surface area contributed by atoms with E-state index in [2.05, 4.69) is 20.5 Å². The number of aromatic nitrogens is 2. The van der Waals surface area contributed by atoms with Crippen molar-refractivity contribution in [2.45, 2.75) is 0 Å². The van der Waals surface area contributed by atoms with Gasteiger partial charge in [0, 0.05) is 11.8 Å². The molecule has 0 bridgehead atoms. The van der Waals surface area contributed by atoms with Crippen LogP contribution in [0.4, 0.5) is 0 Å². The van der Waals surface area contributed by atoms with Crippen molar-refractivity contribution in [1.82, 2.24) is 15.4 Å². The number of hydrogen-bond acceptors (Lipinski definition) is 5. The number of phenols is 1. The second-order valence-electron chi connectivity index (χ2n) is 3.55. The van der Waals surface area contributed by atoms with Gasteiger partial charge in [-0.3, -0.25) is 9.59 Å². The van der Waals surface area contributed by atoms with Crippen LogP contribution in [0.25, 0.3) is 0 Å². The average Bonchev–Trinajstić information content (AvgIpc) is 2.41. The van der Waals surface area contributed by atoms with Gasteiger partial charge in [0.2, 0.25) is 0 Å². The number of aromatic hydroxyl groups is 1. The molecule has 2 rings (SSSR count). The van der Waals surface area contributed by atoms with Crippen LogP contribution in [0.15, 0.2) is 46.7 Å². The van der Waals surface area contributed by atoms with E-state index in [1.807, 2.05) is 0 Å². The number of para-hydroxylation sites is 1. The number of aromatic amines is 1. The van der Waals surface area contributed by atoms with Gasteiger partial charge in [0.1, 0.15) is 11.3 Å². The van der Waals surface area contributed by atoms with Crippen molar-refractivity contribution in [1.29, 1.82) is 0 Å². The zero-order chi connectivity index (χ0) is 13.7. The number of phenolic OH excluding ortho intramolecular Hbond substituents is 1. The molecule has 0 saturated heterocycles. The maximum absolute atomic E-state index is 11.6. The number of nitrogens with one attached hydrogen (secondary N) is 2. The van der Waals surface area contributed by atoms with E-state index in [1.165, 1.54) is 18.6 Å². The summed E-state index contributed by atoms with van der Waals surface area (Å²) < 4.78 is 0. The van der Waals surface area contributed by atoms with Crippen LogP contribution in [0, 0.1) is 0 Å². The Hall–Kier alpha value is -2.96. The fourth-order valence-corrected chi connectivity index (χ4v) is 1.32. The van der Waals surface area contributed by atoms with Gasteiger partial charge < -0.3 is 10.1 Å². The Bertz CT molecular complexity index is 678. The highest BCUT2D eigenvalue weighted by atomic mass is 16.3. The summed E-state index contributed by atoms with van der Waals surface area (Å²) in [4.78, 5) is 28.8. The number of amides is 1.